The molecule has 1 rings (SSSR count). The van der Waals surface area contributed by atoms with Crippen LogP contribution in [0.5, 0.6) is 0 Å². The van der Waals surface area contributed by atoms with Gasteiger partial charge in [-0.2, -0.15) is 13.2 Å². The van der Waals surface area contributed by atoms with Gasteiger partial charge in [0.2, 0.25) is 0 Å². The average Bonchev–Trinajstić information content (AvgIpc) is 2.26. The van der Waals surface area contributed by atoms with Gasteiger partial charge in [0.15, 0.2) is 6.29 Å². The fourth-order valence-electron chi connectivity index (χ4n) is 1.51. The molecule has 1 aromatic rings. The van der Waals surface area contributed by atoms with Crippen molar-refractivity contribution in [3.05, 3.63) is 28.8 Å². The van der Waals surface area contributed by atoms with Crippen LogP contribution in [0.1, 0.15) is 10.4 Å². The van der Waals surface area contributed by atoms with Crippen molar-refractivity contribution >= 4 is 23.6 Å². The number of benzene rings is 1. The Balaban J connectivity index is 3.11. The minimum atomic E-state index is -4.43. The highest BCUT2D eigenvalue weighted by atomic mass is 35.5. The van der Waals surface area contributed by atoms with E-state index in [0.29, 0.717) is 6.29 Å². The number of anilines is 1. The zero-order valence-electron chi connectivity index (χ0n) is 9.25. The molecule has 7 heteroatoms. The highest BCUT2D eigenvalue weighted by Gasteiger charge is 2.31. The van der Waals surface area contributed by atoms with Crippen LogP contribution in [0, 0.1) is 0 Å². The zero-order chi connectivity index (χ0) is 13.8. The van der Waals surface area contributed by atoms with Crippen LogP contribution in [0.15, 0.2) is 18.2 Å². The van der Waals surface area contributed by atoms with Crippen LogP contribution in [0.25, 0.3) is 0 Å². The second kappa shape index (κ2) is 6.06. The molecule has 0 amide bonds. The first-order valence-electron chi connectivity index (χ1n) is 5.04. The number of rotatable bonds is 5. The number of alkyl halides is 3. The maximum absolute atomic E-state index is 12.4. The smallest absolute Gasteiger partial charge is 0.395 e. The quantitative estimate of drug-likeness (QED) is 0.843. The van der Waals surface area contributed by atoms with E-state index in [9.17, 15) is 18.0 Å². The lowest BCUT2D eigenvalue weighted by atomic mass is 10.1. The Bertz CT molecular complexity index is 423. The lowest BCUT2D eigenvalue weighted by Crippen LogP contribution is -2.36. The van der Waals surface area contributed by atoms with E-state index in [1.165, 1.54) is 18.2 Å². The summed E-state index contributed by atoms with van der Waals surface area (Å²) >= 11 is 5.70. The molecule has 0 atom stereocenters. The summed E-state index contributed by atoms with van der Waals surface area (Å²) in [6, 6.07) is 4.03. The average molecular weight is 282 g/mol. The molecular formula is C11H11ClF3NO2. The molecule has 0 radical (unpaired) electrons. The van der Waals surface area contributed by atoms with Gasteiger partial charge in [-0.1, -0.05) is 11.6 Å². The van der Waals surface area contributed by atoms with Crippen LogP contribution in [0.2, 0.25) is 5.02 Å². The molecule has 0 fully saturated rings. The summed E-state index contributed by atoms with van der Waals surface area (Å²) in [5, 5.41) is 9.02. The molecule has 100 valence electrons. The molecule has 0 saturated heterocycles. The Kier molecular flexibility index (Phi) is 4.98. The molecule has 0 aliphatic heterocycles. The van der Waals surface area contributed by atoms with E-state index in [2.05, 4.69) is 0 Å². The first-order chi connectivity index (χ1) is 8.37. The molecule has 0 aliphatic rings. The second-order valence-corrected chi connectivity index (χ2v) is 4.02. The molecule has 0 aromatic heterocycles. The topological polar surface area (TPSA) is 40.5 Å². The van der Waals surface area contributed by atoms with Gasteiger partial charge in [0.1, 0.15) is 6.54 Å². The van der Waals surface area contributed by atoms with Crippen LogP contribution >= 0.6 is 11.6 Å². The predicted octanol–water partition coefficient (Wildman–Crippen LogP) is 2.51. The maximum atomic E-state index is 12.4. The number of nitrogens with zero attached hydrogens (tertiary/aromatic N) is 1. The highest BCUT2D eigenvalue weighted by molar-refractivity contribution is 6.31. The van der Waals surface area contributed by atoms with Crippen molar-refractivity contribution in [2.45, 2.75) is 6.18 Å². The molecule has 0 spiro atoms. The minimum Gasteiger partial charge on any atom is -0.395 e. The van der Waals surface area contributed by atoms with E-state index in [1.807, 2.05) is 0 Å². The van der Waals surface area contributed by atoms with Crippen molar-refractivity contribution in [1.82, 2.24) is 0 Å². The second-order valence-electron chi connectivity index (χ2n) is 3.58. The summed E-state index contributed by atoms with van der Waals surface area (Å²) < 4.78 is 37.2. The Hall–Kier alpha value is -1.27. The monoisotopic (exact) mass is 281 g/mol. The summed E-state index contributed by atoms with van der Waals surface area (Å²) in [7, 11) is 0. The van der Waals surface area contributed by atoms with E-state index in [0.717, 1.165) is 4.90 Å². The third-order valence-corrected chi connectivity index (χ3v) is 2.44. The molecule has 3 nitrogen and oxygen atoms in total. The molecule has 1 N–H and O–H groups in total. The van der Waals surface area contributed by atoms with E-state index < -0.39 is 19.3 Å². The summed E-state index contributed by atoms with van der Waals surface area (Å²) in [5.41, 5.74) is 0.154. The summed E-state index contributed by atoms with van der Waals surface area (Å²) in [4.78, 5) is 11.7. The number of hydrogen-bond acceptors (Lipinski definition) is 3. The van der Waals surface area contributed by atoms with E-state index in [-0.39, 0.29) is 22.8 Å². The van der Waals surface area contributed by atoms with Crippen LogP contribution < -0.4 is 4.90 Å². The molecule has 0 bridgehead atoms. The lowest BCUT2D eigenvalue weighted by molar-refractivity contribution is -0.119. The first kappa shape index (κ1) is 14.8. The summed E-state index contributed by atoms with van der Waals surface area (Å²) in [6.45, 7) is -1.95. The van der Waals surface area contributed by atoms with Gasteiger partial charge < -0.3 is 10.0 Å². The number of aldehydes is 1. The molecule has 0 unspecified atom stereocenters. The molecule has 0 saturated carbocycles. The standard InChI is InChI=1S/C11H11ClF3NO2/c12-9-2-1-8(6-18)10(5-9)16(3-4-17)7-11(13,14)15/h1-2,5-6,17H,3-4,7H2. The van der Waals surface area contributed by atoms with Crippen molar-refractivity contribution < 1.29 is 23.1 Å². The highest BCUT2D eigenvalue weighted by Crippen LogP contribution is 2.27. The maximum Gasteiger partial charge on any atom is 0.405 e. The van der Waals surface area contributed by atoms with Gasteiger partial charge in [-0.3, -0.25) is 4.79 Å². The van der Waals surface area contributed by atoms with Gasteiger partial charge in [-0.05, 0) is 18.2 Å². The number of aliphatic hydroxyl groups excluding tert-OH is 1. The third-order valence-electron chi connectivity index (χ3n) is 2.20. The fourth-order valence-corrected chi connectivity index (χ4v) is 1.68. The molecular weight excluding hydrogens is 271 g/mol. The summed E-state index contributed by atoms with van der Waals surface area (Å²) in [6.07, 6.45) is -3.98. The lowest BCUT2D eigenvalue weighted by Gasteiger charge is -2.26. The van der Waals surface area contributed by atoms with Crippen LogP contribution in [0.4, 0.5) is 18.9 Å². The largest absolute Gasteiger partial charge is 0.405 e. The van der Waals surface area contributed by atoms with E-state index in [1.54, 1.807) is 0 Å². The number of carbonyl (C=O) groups is 1. The Labute approximate surface area is 107 Å². The van der Waals surface area contributed by atoms with Crippen LogP contribution in [-0.2, 0) is 0 Å². The Morgan fingerprint density at radius 3 is 2.56 bits per heavy atom. The van der Waals surface area contributed by atoms with Crippen molar-refractivity contribution in [3.8, 4) is 0 Å². The molecule has 0 aliphatic carbocycles. The van der Waals surface area contributed by atoms with Gasteiger partial charge in [-0.15, -0.1) is 0 Å². The predicted molar refractivity (Wildman–Crippen MR) is 62.2 cm³/mol. The normalized spacial score (nSPS) is 11.4. The third kappa shape index (κ3) is 4.19. The van der Waals surface area contributed by atoms with Gasteiger partial charge in [-0.25, -0.2) is 0 Å². The van der Waals surface area contributed by atoms with Gasteiger partial charge in [0, 0.05) is 22.8 Å². The van der Waals surface area contributed by atoms with Crippen LogP contribution in [0.3, 0.4) is 0 Å². The first-order valence-corrected chi connectivity index (χ1v) is 5.42. The van der Waals surface area contributed by atoms with Crippen molar-refractivity contribution in [1.29, 1.82) is 0 Å². The SMILES string of the molecule is O=Cc1ccc(Cl)cc1N(CCO)CC(F)(F)F. The fraction of sp³-hybridized carbons (Fsp3) is 0.364. The van der Waals surface area contributed by atoms with Crippen molar-refractivity contribution in [2.24, 2.45) is 0 Å². The van der Waals surface area contributed by atoms with Gasteiger partial charge >= 0.3 is 6.18 Å². The molecule has 0 heterocycles. The number of hydrogen-bond donors (Lipinski definition) is 1. The number of carbonyl (C=O) groups excluding carboxylic acids is 1. The van der Waals surface area contributed by atoms with Gasteiger partial charge in [0.25, 0.3) is 0 Å². The minimum absolute atomic E-state index is 0.0591. The molecule has 1 aromatic carbocycles. The molecule has 18 heavy (non-hydrogen) atoms. The van der Waals surface area contributed by atoms with Gasteiger partial charge in [0.05, 0.1) is 6.61 Å². The van der Waals surface area contributed by atoms with E-state index in [4.69, 9.17) is 16.7 Å². The van der Waals surface area contributed by atoms with Crippen LogP contribution in [-0.4, -0.2) is 37.3 Å². The number of aliphatic hydroxyl groups is 1. The zero-order valence-corrected chi connectivity index (χ0v) is 10.0. The number of halogens is 4. The Morgan fingerprint density at radius 2 is 2.06 bits per heavy atom. The van der Waals surface area contributed by atoms with Crippen molar-refractivity contribution in [3.63, 3.8) is 0 Å². The van der Waals surface area contributed by atoms with E-state index >= 15 is 0 Å². The summed E-state index contributed by atoms with van der Waals surface area (Å²) in [5.74, 6) is 0. The Morgan fingerprint density at radius 1 is 1.39 bits per heavy atom. The van der Waals surface area contributed by atoms with Crippen molar-refractivity contribution in [2.75, 3.05) is 24.6 Å².